The molecule has 0 fully saturated rings. The van der Waals surface area contributed by atoms with E-state index >= 15 is 0 Å². The molecule has 0 unspecified atom stereocenters. The number of hydrogen-bond acceptors (Lipinski definition) is 2. The zero-order chi connectivity index (χ0) is 13.6. The molecule has 2 heteroatoms. The molecule has 96 valence electrons. The summed E-state index contributed by atoms with van der Waals surface area (Å²) in [6, 6.07) is 11.0. The molecule has 19 heavy (non-hydrogen) atoms. The fourth-order valence-electron chi connectivity index (χ4n) is 2.32. The summed E-state index contributed by atoms with van der Waals surface area (Å²) < 4.78 is 1.26. The minimum absolute atomic E-state index is 1.11. The summed E-state index contributed by atoms with van der Waals surface area (Å²) in [5, 5.41) is 1.12. The lowest BCUT2D eigenvalue weighted by Crippen LogP contribution is -1.88. The van der Waals surface area contributed by atoms with Gasteiger partial charge in [0.25, 0.3) is 0 Å². The van der Waals surface area contributed by atoms with Crippen molar-refractivity contribution >= 4 is 21.6 Å². The molecule has 0 saturated carbocycles. The standard InChI is InChI=1S/C17H17NS/c1-10-5-6-16-15(7-10)18-17(19-16)14-8-11(2)13(4)12(3)9-14/h5-9H,1-4H3. The summed E-state index contributed by atoms with van der Waals surface area (Å²) in [6.45, 7) is 8.63. The molecule has 1 nitrogen and oxygen atoms in total. The Morgan fingerprint density at radius 3 is 2.26 bits per heavy atom. The van der Waals surface area contributed by atoms with E-state index in [0.29, 0.717) is 0 Å². The van der Waals surface area contributed by atoms with Crippen LogP contribution in [0.15, 0.2) is 30.3 Å². The van der Waals surface area contributed by atoms with Crippen LogP contribution in [0.4, 0.5) is 0 Å². The maximum absolute atomic E-state index is 4.77. The zero-order valence-electron chi connectivity index (χ0n) is 11.7. The first-order chi connectivity index (χ1) is 9.04. The van der Waals surface area contributed by atoms with Crippen LogP contribution in [0.25, 0.3) is 20.8 Å². The Labute approximate surface area is 117 Å². The van der Waals surface area contributed by atoms with E-state index in [1.807, 2.05) is 0 Å². The minimum Gasteiger partial charge on any atom is -0.236 e. The van der Waals surface area contributed by atoms with Crippen LogP contribution in [0.2, 0.25) is 0 Å². The van der Waals surface area contributed by atoms with Gasteiger partial charge in [-0.1, -0.05) is 6.07 Å². The van der Waals surface area contributed by atoms with E-state index in [1.54, 1.807) is 11.3 Å². The molecule has 3 rings (SSSR count). The predicted molar refractivity (Wildman–Crippen MR) is 84.0 cm³/mol. The van der Waals surface area contributed by atoms with E-state index in [9.17, 15) is 0 Å². The van der Waals surface area contributed by atoms with Gasteiger partial charge in [0, 0.05) is 5.56 Å². The molecule has 2 aromatic carbocycles. The van der Waals surface area contributed by atoms with Gasteiger partial charge in [-0.2, -0.15) is 0 Å². The van der Waals surface area contributed by atoms with Crippen LogP contribution in [0, 0.1) is 27.7 Å². The van der Waals surface area contributed by atoms with E-state index in [1.165, 1.54) is 32.5 Å². The highest BCUT2D eigenvalue weighted by Gasteiger charge is 2.08. The zero-order valence-corrected chi connectivity index (χ0v) is 12.6. The first kappa shape index (κ1) is 12.4. The van der Waals surface area contributed by atoms with Crippen molar-refractivity contribution in [3.63, 3.8) is 0 Å². The molecule has 0 N–H and O–H groups in total. The number of aryl methyl sites for hydroxylation is 3. The summed E-state index contributed by atoms with van der Waals surface area (Å²) in [4.78, 5) is 4.77. The molecule has 0 saturated heterocycles. The Kier molecular flexibility index (Phi) is 2.90. The SMILES string of the molecule is Cc1ccc2sc(-c3cc(C)c(C)c(C)c3)nc2c1. The molecule has 0 spiro atoms. The molecule has 0 atom stereocenters. The third kappa shape index (κ3) is 2.17. The van der Waals surface area contributed by atoms with E-state index in [-0.39, 0.29) is 0 Å². The van der Waals surface area contributed by atoms with Gasteiger partial charge < -0.3 is 0 Å². The fourth-order valence-corrected chi connectivity index (χ4v) is 3.25. The summed E-state index contributed by atoms with van der Waals surface area (Å²) in [7, 11) is 0. The number of aromatic nitrogens is 1. The topological polar surface area (TPSA) is 12.9 Å². The molecule has 1 aromatic heterocycles. The molecule has 1 heterocycles. The second-order valence-corrected chi connectivity index (χ2v) is 6.26. The van der Waals surface area contributed by atoms with Crippen LogP contribution < -0.4 is 0 Å². The van der Waals surface area contributed by atoms with Gasteiger partial charge in [0.05, 0.1) is 10.2 Å². The Balaban J connectivity index is 2.19. The van der Waals surface area contributed by atoms with Crippen molar-refractivity contribution in [2.24, 2.45) is 0 Å². The van der Waals surface area contributed by atoms with Crippen molar-refractivity contribution in [1.29, 1.82) is 0 Å². The molecule has 0 bridgehead atoms. The highest BCUT2D eigenvalue weighted by atomic mass is 32.1. The largest absolute Gasteiger partial charge is 0.236 e. The summed E-state index contributed by atoms with van der Waals surface area (Å²) in [5.74, 6) is 0. The first-order valence-electron chi connectivity index (χ1n) is 6.50. The molecular formula is C17H17NS. The molecular weight excluding hydrogens is 250 g/mol. The van der Waals surface area contributed by atoms with Crippen LogP contribution >= 0.6 is 11.3 Å². The van der Waals surface area contributed by atoms with E-state index in [2.05, 4.69) is 58.0 Å². The number of nitrogens with zero attached hydrogens (tertiary/aromatic N) is 1. The monoisotopic (exact) mass is 267 g/mol. The molecule has 0 aliphatic carbocycles. The second-order valence-electron chi connectivity index (χ2n) is 5.23. The lowest BCUT2D eigenvalue weighted by atomic mass is 10.0. The second kappa shape index (κ2) is 4.46. The lowest BCUT2D eigenvalue weighted by molar-refractivity contribution is 1.26. The van der Waals surface area contributed by atoms with Crippen molar-refractivity contribution in [2.75, 3.05) is 0 Å². The predicted octanol–water partition coefficient (Wildman–Crippen LogP) is 5.20. The van der Waals surface area contributed by atoms with Crippen molar-refractivity contribution in [3.8, 4) is 10.6 Å². The van der Waals surface area contributed by atoms with Crippen LogP contribution in [0.3, 0.4) is 0 Å². The number of rotatable bonds is 1. The van der Waals surface area contributed by atoms with Crippen LogP contribution in [0.5, 0.6) is 0 Å². The molecule has 3 aromatic rings. The van der Waals surface area contributed by atoms with E-state index in [0.717, 1.165) is 10.5 Å². The molecule has 0 aliphatic heterocycles. The van der Waals surface area contributed by atoms with Gasteiger partial charge in [-0.3, -0.25) is 0 Å². The molecule has 0 aliphatic rings. The average Bonchev–Trinajstić information content (AvgIpc) is 2.78. The minimum atomic E-state index is 1.11. The number of thiazole rings is 1. The quantitative estimate of drug-likeness (QED) is 0.590. The Hall–Kier alpha value is -1.67. The van der Waals surface area contributed by atoms with Crippen molar-refractivity contribution in [2.45, 2.75) is 27.7 Å². The third-order valence-corrected chi connectivity index (χ3v) is 4.80. The van der Waals surface area contributed by atoms with Crippen molar-refractivity contribution < 1.29 is 0 Å². The van der Waals surface area contributed by atoms with Gasteiger partial charge >= 0.3 is 0 Å². The average molecular weight is 267 g/mol. The maximum atomic E-state index is 4.77. The van der Waals surface area contributed by atoms with Crippen molar-refractivity contribution in [3.05, 3.63) is 52.6 Å². The van der Waals surface area contributed by atoms with Crippen LogP contribution in [-0.2, 0) is 0 Å². The highest BCUT2D eigenvalue weighted by molar-refractivity contribution is 7.21. The van der Waals surface area contributed by atoms with Gasteiger partial charge in [0.2, 0.25) is 0 Å². The van der Waals surface area contributed by atoms with Gasteiger partial charge in [0.15, 0.2) is 0 Å². The van der Waals surface area contributed by atoms with Gasteiger partial charge in [-0.15, -0.1) is 11.3 Å². The summed E-state index contributed by atoms with van der Waals surface area (Å²) in [6.07, 6.45) is 0. The summed E-state index contributed by atoms with van der Waals surface area (Å²) in [5.41, 5.74) is 7.66. The van der Waals surface area contributed by atoms with Crippen LogP contribution in [-0.4, -0.2) is 4.98 Å². The van der Waals surface area contributed by atoms with Crippen LogP contribution in [0.1, 0.15) is 22.3 Å². The first-order valence-corrected chi connectivity index (χ1v) is 7.31. The van der Waals surface area contributed by atoms with E-state index in [4.69, 9.17) is 4.98 Å². The van der Waals surface area contributed by atoms with Gasteiger partial charge in [0.1, 0.15) is 5.01 Å². The number of fused-ring (bicyclic) bond motifs is 1. The van der Waals surface area contributed by atoms with Gasteiger partial charge in [-0.25, -0.2) is 4.98 Å². The number of benzene rings is 2. The van der Waals surface area contributed by atoms with E-state index < -0.39 is 0 Å². The van der Waals surface area contributed by atoms with Crippen molar-refractivity contribution in [1.82, 2.24) is 4.98 Å². The fraction of sp³-hybridized carbons (Fsp3) is 0.235. The third-order valence-electron chi connectivity index (χ3n) is 3.72. The Morgan fingerprint density at radius 2 is 1.58 bits per heavy atom. The van der Waals surface area contributed by atoms with Gasteiger partial charge in [-0.05, 0) is 74.2 Å². The Morgan fingerprint density at radius 1 is 0.895 bits per heavy atom. The maximum Gasteiger partial charge on any atom is 0.124 e. The summed E-state index contributed by atoms with van der Waals surface area (Å²) >= 11 is 1.77. The normalized spacial score (nSPS) is 11.2. The lowest BCUT2D eigenvalue weighted by Gasteiger charge is -2.06. The number of hydrogen-bond donors (Lipinski definition) is 0. The molecule has 0 radical (unpaired) electrons. The smallest absolute Gasteiger partial charge is 0.124 e. The Bertz CT molecular complexity index is 745. The molecule has 0 amide bonds. The highest BCUT2D eigenvalue weighted by Crippen LogP contribution is 2.32.